The van der Waals surface area contributed by atoms with Crippen LogP contribution in [0.3, 0.4) is 0 Å². The Labute approximate surface area is 364 Å². The predicted octanol–water partition coefficient (Wildman–Crippen LogP) is -1.98. The molecule has 0 radical (unpaired) electrons. The van der Waals surface area contributed by atoms with Gasteiger partial charge < -0.3 is 89.5 Å². The van der Waals surface area contributed by atoms with Gasteiger partial charge >= 0.3 is 15.6 Å². The highest BCUT2D eigenvalue weighted by Crippen LogP contribution is 2.38. The lowest BCUT2D eigenvalue weighted by atomic mass is 9.83. The highest BCUT2D eigenvalue weighted by Gasteiger charge is 2.46. The average molecular weight is 957 g/mol. The smallest absolute Gasteiger partial charge is 0.393 e. The first-order chi connectivity index (χ1) is 29.3. The summed E-state index contributed by atoms with van der Waals surface area (Å²) < 4.78 is 51.8. The molecule has 63 heavy (non-hydrogen) atoms. The minimum atomic E-state index is -4.88. The van der Waals surface area contributed by atoms with Crippen LogP contribution < -0.4 is 10.6 Å². The van der Waals surface area contributed by atoms with Crippen molar-refractivity contribution in [2.75, 3.05) is 46.2 Å². The maximum Gasteiger partial charge on any atom is 0.469 e. The third kappa shape index (κ3) is 22.6. The molecule has 2 saturated heterocycles. The summed E-state index contributed by atoms with van der Waals surface area (Å²) in [6, 6.07) is -0.151. The van der Waals surface area contributed by atoms with Gasteiger partial charge in [-0.25, -0.2) is 9.13 Å². The molecule has 2 heterocycles. The lowest BCUT2D eigenvalue weighted by Gasteiger charge is -2.40. The van der Waals surface area contributed by atoms with Gasteiger partial charge in [-0.1, -0.05) is 31.1 Å². The van der Waals surface area contributed by atoms with Gasteiger partial charge in [-0.15, -0.1) is 0 Å². The number of oxime groups is 2. The van der Waals surface area contributed by atoms with E-state index >= 15 is 0 Å². The van der Waals surface area contributed by atoms with Crippen molar-refractivity contribution in [1.29, 1.82) is 0 Å². The molecule has 0 unspecified atom stereocenters. The second-order valence-electron chi connectivity index (χ2n) is 16.0. The van der Waals surface area contributed by atoms with E-state index in [4.69, 9.17) is 48.2 Å². The van der Waals surface area contributed by atoms with Crippen LogP contribution in [0, 0.1) is 5.41 Å². The molecule has 0 aromatic carbocycles. The zero-order valence-electron chi connectivity index (χ0n) is 35.9. The number of aliphatic hydroxyl groups is 6. The van der Waals surface area contributed by atoms with Gasteiger partial charge in [-0.05, 0) is 51.4 Å². The fourth-order valence-electron chi connectivity index (χ4n) is 5.90. The van der Waals surface area contributed by atoms with E-state index in [0.717, 1.165) is 6.42 Å². The van der Waals surface area contributed by atoms with Crippen LogP contribution >= 0.6 is 15.6 Å². The lowest BCUT2D eigenvalue weighted by molar-refractivity contribution is -0.301. The molecule has 28 heteroatoms. The number of nitrogens with zero attached hydrogens (tertiary/aromatic N) is 2. The Balaban J connectivity index is 1.62. The number of hydrogen-bond acceptors (Lipinski definition) is 20. The van der Waals surface area contributed by atoms with Crippen molar-refractivity contribution in [2.24, 2.45) is 15.7 Å². The van der Waals surface area contributed by atoms with Crippen LogP contribution in [0.5, 0.6) is 0 Å². The van der Waals surface area contributed by atoms with Crippen molar-refractivity contribution in [3.63, 3.8) is 0 Å². The number of aliphatic hydroxyl groups excluding tert-OH is 6. The molecule has 0 aliphatic carbocycles. The zero-order valence-corrected chi connectivity index (χ0v) is 37.7. The predicted molar refractivity (Wildman–Crippen MR) is 216 cm³/mol. The summed E-state index contributed by atoms with van der Waals surface area (Å²) >= 11 is 0. The zero-order chi connectivity index (χ0) is 47.5. The van der Waals surface area contributed by atoms with Crippen LogP contribution in [-0.4, -0.2) is 187 Å². The van der Waals surface area contributed by atoms with Crippen molar-refractivity contribution in [3.8, 4) is 0 Å². The van der Waals surface area contributed by atoms with E-state index in [1.165, 1.54) is 0 Å². The summed E-state index contributed by atoms with van der Waals surface area (Å²) in [5.41, 5.74) is 0.775. The number of nitrogens with one attached hydrogen (secondary N) is 2. The Morgan fingerprint density at radius 1 is 0.635 bits per heavy atom. The third-order valence-electron chi connectivity index (χ3n) is 9.56. The standard InChI is InChI=1S/C35H66N4O22P2/c1-20(38-56-16-14-54-33-31(46)29(44)27(42)22(60-33)18-58-62(48,49)50)9-11-25(40)36-13-7-6-8-24(35(3,4)5)37-26(41)12-10-21(2)39-57-17-15-55-34-32(47)30(45)28(43)23(61-34)19-59-63(51,52)53/h22-24,27-34,42-47H,6-19H2,1-5H3,(H,36,40)(H,37,41)(H2,48,49,50)(H2,51,52,53)/b38-20+,39-21-/t22-,23-,24+,27-,28-,29+,30+,31+,32+,33+,34+/m1/s1. The number of ether oxygens (including phenoxy) is 4. The number of carbonyl (C=O) groups is 2. The summed E-state index contributed by atoms with van der Waals surface area (Å²) in [5.74, 6) is -0.376. The van der Waals surface area contributed by atoms with E-state index in [1.54, 1.807) is 13.8 Å². The first-order valence-electron chi connectivity index (χ1n) is 20.2. The van der Waals surface area contributed by atoms with Crippen LogP contribution in [0.25, 0.3) is 0 Å². The summed E-state index contributed by atoms with van der Waals surface area (Å²) in [6.45, 7) is 7.65. The monoisotopic (exact) mass is 956 g/mol. The molecule has 0 bridgehead atoms. The van der Waals surface area contributed by atoms with Gasteiger partial charge in [0.05, 0.1) is 37.9 Å². The molecule has 0 saturated carbocycles. The van der Waals surface area contributed by atoms with Crippen molar-refractivity contribution in [2.45, 2.75) is 147 Å². The summed E-state index contributed by atoms with van der Waals surface area (Å²) in [4.78, 5) is 71.1. The quantitative estimate of drug-likeness (QED) is 0.0175. The van der Waals surface area contributed by atoms with E-state index in [2.05, 4.69) is 30.0 Å². The Morgan fingerprint density at radius 2 is 1.06 bits per heavy atom. The van der Waals surface area contributed by atoms with E-state index in [9.17, 15) is 49.4 Å². The number of rotatable bonds is 28. The van der Waals surface area contributed by atoms with Crippen LogP contribution in [0.4, 0.5) is 0 Å². The lowest BCUT2D eigenvalue weighted by Crippen LogP contribution is -2.59. The second kappa shape index (κ2) is 27.4. The van der Waals surface area contributed by atoms with Crippen molar-refractivity contribution < 1.29 is 107 Å². The molecular formula is C35H66N4O22P2. The second-order valence-corrected chi connectivity index (χ2v) is 18.5. The van der Waals surface area contributed by atoms with Gasteiger partial charge in [0.25, 0.3) is 0 Å². The van der Waals surface area contributed by atoms with E-state index < -0.39 is 90.3 Å². The Bertz CT molecular complexity index is 1540. The molecular weight excluding hydrogens is 890 g/mol. The number of phosphoric acid groups is 2. The average Bonchev–Trinajstić information content (AvgIpc) is 3.19. The Morgan fingerprint density at radius 3 is 1.48 bits per heavy atom. The fraction of sp³-hybridized carbons (Fsp3) is 0.886. The topological polar surface area (TPSA) is 393 Å². The summed E-state index contributed by atoms with van der Waals surface area (Å²) in [6.07, 6.45) is -13.0. The minimum absolute atomic E-state index is 0.114. The van der Waals surface area contributed by atoms with Crippen molar-refractivity contribution in [3.05, 3.63) is 0 Å². The van der Waals surface area contributed by atoms with Gasteiger partial charge in [0.15, 0.2) is 12.6 Å². The molecule has 0 aromatic rings. The summed E-state index contributed by atoms with van der Waals surface area (Å²) in [7, 11) is -9.76. The number of hydrogen-bond donors (Lipinski definition) is 12. The highest BCUT2D eigenvalue weighted by atomic mass is 31.2. The molecule has 0 spiro atoms. The molecule has 368 valence electrons. The van der Waals surface area contributed by atoms with Gasteiger partial charge in [0, 0.05) is 25.4 Å². The van der Waals surface area contributed by atoms with Gasteiger partial charge in [0.2, 0.25) is 11.8 Å². The van der Waals surface area contributed by atoms with Crippen molar-refractivity contribution >= 4 is 38.9 Å². The van der Waals surface area contributed by atoms with Crippen molar-refractivity contribution in [1.82, 2.24) is 10.6 Å². The van der Waals surface area contributed by atoms with Crippen LogP contribution in [0.1, 0.15) is 79.6 Å². The van der Waals surface area contributed by atoms with Gasteiger partial charge in [-0.2, -0.15) is 0 Å². The van der Waals surface area contributed by atoms with E-state index in [1.807, 2.05) is 20.8 Å². The number of phosphoric ester groups is 2. The molecule has 2 fully saturated rings. The molecule has 2 aliphatic rings. The van der Waals surface area contributed by atoms with Crippen LogP contribution in [0.2, 0.25) is 0 Å². The molecule has 12 N–H and O–H groups in total. The molecule has 2 rings (SSSR count). The van der Waals surface area contributed by atoms with Crippen LogP contribution in [0.15, 0.2) is 10.3 Å². The van der Waals surface area contributed by atoms with Gasteiger partial charge in [0.1, 0.15) is 62.0 Å². The SMILES string of the molecule is C/C(CCC(=O)N[C@@H](CCCCNC(=O)CC/C(C)=N/OCCO[C@H]1O[C@H](COP(=O)(O)O)[C@@H](O)[C@H](O)[C@@H]1O)C(C)(C)C)=N/OCCO[C@H]1O[C@H](COP(=O)(O)O)[C@@H](O)[C@H](O)[C@@H]1O. The molecule has 2 aliphatic heterocycles. The molecule has 26 nitrogen and oxygen atoms in total. The summed E-state index contributed by atoms with van der Waals surface area (Å²) in [5, 5.41) is 74.1. The first-order valence-corrected chi connectivity index (χ1v) is 23.2. The number of unbranched alkanes of at least 4 members (excludes halogenated alkanes) is 1. The fourth-order valence-corrected chi connectivity index (χ4v) is 6.58. The molecule has 0 aromatic heterocycles. The first kappa shape index (κ1) is 56.8. The maximum absolute atomic E-state index is 12.8. The highest BCUT2D eigenvalue weighted by molar-refractivity contribution is 7.46. The number of carbonyl (C=O) groups excluding carboxylic acids is 2. The minimum Gasteiger partial charge on any atom is -0.393 e. The number of amides is 2. The maximum atomic E-state index is 12.8. The Hall–Kier alpha value is -2.30. The normalized spacial score (nSPS) is 28.0. The Kier molecular flexibility index (Phi) is 24.7. The molecule has 11 atom stereocenters. The molecule has 2 amide bonds. The third-order valence-corrected chi connectivity index (χ3v) is 10.5. The van der Waals surface area contributed by atoms with Gasteiger partial charge in [-0.3, -0.25) is 18.6 Å². The van der Waals surface area contributed by atoms with E-state index in [0.29, 0.717) is 43.7 Å². The van der Waals surface area contributed by atoms with Crippen LogP contribution in [-0.2, 0) is 56.4 Å². The van der Waals surface area contributed by atoms with E-state index in [-0.39, 0.29) is 62.5 Å². The largest absolute Gasteiger partial charge is 0.469 e.